The monoisotopic (exact) mass is 340 g/mol. The zero-order valence-electron chi connectivity index (χ0n) is 13.4. The average molecular weight is 340 g/mol. The van der Waals surface area contributed by atoms with Gasteiger partial charge in [0.15, 0.2) is 11.6 Å². The number of aromatic hydroxyl groups is 3. The van der Waals surface area contributed by atoms with Crippen LogP contribution >= 0.6 is 0 Å². The number of rotatable bonds is 0. The summed E-state index contributed by atoms with van der Waals surface area (Å²) in [5.74, 6) is -2.15. The fraction of sp³-hybridized carbons (Fsp3) is 0.263. The van der Waals surface area contributed by atoms with E-state index in [2.05, 4.69) is 0 Å². The van der Waals surface area contributed by atoms with E-state index >= 15 is 0 Å². The summed E-state index contributed by atoms with van der Waals surface area (Å²) < 4.78 is 0. The largest absolute Gasteiger partial charge is 0.508 e. The molecule has 2 aliphatic rings. The van der Waals surface area contributed by atoms with Gasteiger partial charge in [-0.05, 0) is 42.5 Å². The van der Waals surface area contributed by atoms with Crippen LogP contribution < -0.4 is 0 Å². The number of hydrogen-bond acceptors (Lipinski definition) is 6. The summed E-state index contributed by atoms with van der Waals surface area (Å²) in [6.45, 7) is 1.93. The summed E-state index contributed by atoms with van der Waals surface area (Å²) in [6, 6.07) is 3.50. The van der Waals surface area contributed by atoms with Crippen LogP contribution in [0.2, 0.25) is 0 Å². The summed E-state index contributed by atoms with van der Waals surface area (Å²) >= 11 is 0. The lowest BCUT2D eigenvalue weighted by Crippen LogP contribution is -2.27. The van der Waals surface area contributed by atoms with Gasteiger partial charge in [0.25, 0.3) is 0 Å². The smallest absolute Gasteiger partial charge is 0.198 e. The first-order valence-electron chi connectivity index (χ1n) is 8.02. The maximum absolute atomic E-state index is 13.0. The summed E-state index contributed by atoms with van der Waals surface area (Å²) in [7, 11) is 0. The molecule has 128 valence electrons. The lowest BCUT2D eigenvalue weighted by molar-refractivity contribution is 0.0960. The molecular formula is C19H16O6. The molecule has 2 aromatic carbocycles. The number of phenolic OH excluding ortho intramolecular Hbond substituents is 3. The Morgan fingerprint density at radius 3 is 2.16 bits per heavy atom. The van der Waals surface area contributed by atoms with E-state index in [4.69, 9.17) is 0 Å². The van der Waals surface area contributed by atoms with Gasteiger partial charge in [-0.15, -0.1) is 0 Å². The molecule has 0 aromatic heterocycles. The Hall–Kier alpha value is -2.86. The fourth-order valence-electron chi connectivity index (χ4n) is 3.97. The Balaban J connectivity index is 2.08. The first kappa shape index (κ1) is 15.7. The summed E-state index contributed by atoms with van der Waals surface area (Å²) in [4.78, 5) is 25.8. The van der Waals surface area contributed by atoms with Gasteiger partial charge in [-0.1, -0.05) is 6.92 Å². The van der Waals surface area contributed by atoms with Crippen molar-refractivity contribution in [3.63, 3.8) is 0 Å². The van der Waals surface area contributed by atoms with E-state index in [9.17, 15) is 30.0 Å². The average Bonchev–Trinajstić information content (AvgIpc) is 2.55. The molecule has 0 aliphatic heterocycles. The topological polar surface area (TPSA) is 115 Å². The van der Waals surface area contributed by atoms with E-state index in [1.165, 1.54) is 6.07 Å². The number of benzene rings is 2. The Bertz CT molecular complexity index is 959. The van der Waals surface area contributed by atoms with Gasteiger partial charge < -0.3 is 20.4 Å². The van der Waals surface area contributed by atoms with Gasteiger partial charge in [-0.3, -0.25) is 9.59 Å². The van der Waals surface area contributed by atoms with E-state index in [0.717, 1.165) is 12.1 Å². The highest BCUT2D eigenvalue weighted by Gasteiger charge is 2.40. The van der Waals surface area contributed by atoms with Crippen LogP contribution in [0.1, 0.15) is 62.4 Å². The highest BCUT2D eigenvalue weighted by molar-refractivity contribution is 6.31. The van der Waals surface area contributed by atoms with Crippen LogP contribution in [0.3, 0.4) is 0 Å². The maximum atomic E-state index is 13.0. The Morgan fingerprint density at radius 2 is 1.52 bits per heavy atom. The van der Waals surface area contributed by atoms with Gasteiger partial charge in [0.2, 0.25) is 0 Å². The van der Waals surface area contributed by atoms with Crippen molar-refractivity contribution < 1.29 is 30.0 Å². The zero-order chi connectivity index (χ0) is 18.0. The van der Waals surface area contributed by atoms with Gasteiger partial charge in [0, 0.05) is 16.7 Å². The third kappa shape index (κ3) is 2.01. The normalized spacial score (nSPS) is 21.5. The van der Waals surface area contributed by atoms with Gasteiger partial charge in [0.1, 0.15) is 17.2 Å². The van der Waals surface area contributed by atoms with Crippen molar-refractivity contribution in [2.45, 2.75) is 25.9 Å². The Kier molecular flexibility index (Phi) is 3.17. The van der Waals surface area contributed by atoms with E-state index in [1.807, 2.05) is 6.92 Å². The highest BCUT2D eigenvalue weighted by Crippen LogP contribution is 2.46. The molecule has 2 atom stereocenters. The number of carbonyl (C=O) groups is 2. The molecule has 6 nitrogen and oxygen atoms in total. The highest BCUT2D eigenvalue weighted by atomic mass is 16.3. The standard InChI is InChI=1S/C19H16O6/c1-7-4-8-12(22)6-9-15(14(8)13(23)5-7)19(25)17-11(21)3-2-10(20)16(17)18(9)24/h2-3,6-7,13,20-23H,4-5H2,1H3/t7-,13+/m0/s1. The van der Waals surface area contributed by atoms with Crippen molar-refractivity contribution in [1.29, 1.82) is 0 Å². The Morgan fingerprint density at radius 1 is 0.920 bits per heavy atom. The molecule has 0 heterocycles. The number of hydrogen-bond donors (Lipinski definition) is 4. The van der Waals surface area contributed by atoms with Crippen LogP contribution in [-0.4, -0.2) is 32.0 Å². The van der Waals surface area contributed by atoms with E-state index < -0.39 is 29.2 Å². The number of fused-ring (bicyclic) bond motifs is 4. The van der Waals surface area contributed by atoms with Crippen LogP contribution in [0.5, 0.6) is 17.2 Å². The van der Waals surface area contributed by atoms with E-state index in [0.29, 0.717) is 18.4 Å². The summed E-state index contributed by atoms with van der Waals surface area (Å²) in [6.07, 6.45) is -0.105. The lowest BCUT2D eigenvalue weighted by atomic mass is 9.73. The second-order valence-electron chi connectivity index (χ2n) is 6.78. The second kappa shape index (κ2) is 5.07. The Labute approximate surface area is 143 Å². The summed E-state index contributed by atoms with van der Waals surface area (Å²) in [5.41, 5.74) is 0.0923. The quantitative estimate of drug-likeness (QED) is 0.466. The third-order valence-electron chi connectivity index (χ3n) is 5.05. The van der Waals surface area contributed by atoms with Crippen molar-refractivity contribution in [3.8, 4) is 17.2 Å². The molecule has 4 N–H and O–H groups in total. The molecule has 0 spiro atoms. The van der Waals surface area contributed by atoms with Crippen LogP contribution in [0.4, 0.5) is 0 Å². The van der Waals surface area contributed by atoms with E-state index in [-0.39, 0.29) is 39.5 Å². The molecule has 4 rings (SSSR count). The molecule has 6 heteroatoms. The minimum Gasteiger partial charge on any atom is -0.508 e. The molecule has 0 amide bonds. The molecule has 2 aliphatic carbocycles. The van der Waals surface area contributed by atoms with Crippen LogP contribution in [0.25, 0.3) is 0 Å². The molecule has 0 unspecified atom stereocenters. The van der Waals surface area contributed by atoms with Gasteiger partial charge >= 0.3 is 0 Å². The molecule has 0 bridgehead atoms. The zero-order valence-corrected chi connectivity index (χ0v) is 13.4. The first-order chi connectivity index (χ1) is 11.8. The SMILES string of the molecule is C[C@H]1Cc2c(O)cc3c(c2[C@H](O)C1)C(=O)c1c(O)ccc(O)c1C3=O. The first-order valence-corrected chi connectivity index (χ1v) is 8.02. The predicted octanol–water partition coefficient (Wildman–Crippen LogP) is 2.19. The number of phenols is 3. The molecular weight excluding hydrogens is 324 g/mol. The third-order valence-corrected chi connectivity index (χ3v) is 5.05. The number of aliphatic hydroxyl groups is 1. The van der Waals surface area contributed by atoms with Crippen molar-refractivity contribution >= 4 is 11.6 Å². The van der Waals surface area contributed by atoms with Gasteiger partial charge in [-0.2, -0.15) is 0 Å². The van der Waals surface area contributed by atoms with Gasteiger partial charge in [0.05, 0.1) is 17.2 Å². The van der Waals surface area contributed by atoms with Crippen molar-refractivity contribution in [2.24, 2.45) is 5.92 Å². The molecule has 2 aromatic rings. The molecule has 0 radical (unpaired) electrons. The predicted molar refractivity (Wildman–Crippen MR) is 87.2 cm³/mol. The molecule has 0 saturated carbocycles. The number of ketones is 2. The minimum atomic E-state index is -0.989. The van der Waals surface area contributed by atoms with Crippen molar-refractivity contribution in [2.75, 3.05) is 0 Å². The van der Waals surface area contributed by atoms with Gasteiger partial charge in [-0.25, -0.2) is 0 Å². The van der Waals surface area contributed by atoms with Crippen LogP contribution in [0, 0.1) is 5.92 Å². The maximum Gasteiger partial charge on any atom is 0.198 e. The second-order valence-corrected chi connectivity index (χ2v) is 6.78. The molecule has 0 fully saturated rings. The summed E-state index contributed by atoms with van der Waals surface area (Å²) in [5, 5.41) is 40.9. The van der Waals surface area contributed by atoms with Crippen LogP contribution in [-0.2, 0) is 6.42 Å². The van der Waals surface area contributed by atoms with Crippen molar-refractivity contribution in [3.05, 3.63) is 51.6 Å². The molecule has 25 heavy (non-hydrogen) atoms. The number of carbonyl (C=O) groups excluding carboxylic acids is 2. The van der Waals surface area contributed by atoms with E-state index in [1.54, 1.807) is 0 Å². The minimum absolute atomic E-state index is 0.00519. The van der Waals surface area contributed by atoms with Crippen molar-refractivity contribution in [1.82, 2.24) is 0 Å². The lowest BCUT2D eigenvalue weighted by Gasteiger charge is -2.31. The fourth-order valence-corrected chi connectivity index (χ4v) is 3.97. The van der Waals surface area contributed by atoms with Crippen LogP contribution in [0.15, 0.2) is 18.2 Å². The molecule has 0 saturated heterocycles. The number of aliphatic hydroxyl groups excluding tert-OH is 1.